The maximum atomic E-state index is 12.4. The maximum absolute atomic E-state index is 12.4. The summed E-state index contributed by atoms with van der Waals surface area (Å²) in [5.41, 5.74) is 2.74. The van der Waals surface area contributed by atoms with Crippen LogP contribution in [0.5, 0.6) is 11.5 Å². The molecule has 0 N–H and O–H groups in total. The SMILES string of the molecule is COc1ccc(C(=O)Cc2cccc(C)c2)c(OC)c1. The first kappa shape index (κ1) is 14.1. The Balaban J connectivity index is 2.25. The van der Waals surface area contributed by atoms with Crippen molar-refractivity contribution in [3.8, 4) is 11.5 Å². The van der Waals surface area contributed by atoms with Crippen LogP contribution in [-0.4, -0.2) is 20.0 Å². The number of hydrogen-bond donors (Lipinski definition) is 0. The van der Waals surface area contributed by atoms with E-state index in [9.17, 15) is 4.79 Å². The van der Waals surface area contributed by atoms with E-state index in [1.807, 2.05) is 31.2 Å². The maximum Gasteiger partial charge on any atom is 0.170 e. The number of carbonyl (C=O) groups is 1. The molecule has 3 heteroatoms. The highest BCUT2D eigenvalue weighted by Crippen LogP contribution is 2.25. The van der Waals surface area contributed by atoms with Gasteiger partial charge in [-0.25, -0.2) is 0 Å². The Bertz CT molecular complexity index is 617. The topological polar surface area (TPSA) is 35.5 Å². The van der Waals surface area contributed by atoms with Gasteiger partial charge in [0, 0.05) is 12.5 Å². The number of rotatable bonds is 5. The molecule has 2 aromatic carbocycles. The molecular formula is C17H18O3. The van der Waals surface area contributed by atoms with E-state index in [2.05, 4.69) is 0 Å². The number of ether oxygens (including phenoxy) is 2. The smallest absolute Gasteiger partial charge is 0.170 e. The Morgan fingerprint density at radius 2 is 1.85 bits per heavy atom. The lowest BCUT2D eigenvalue weighted by atomic mass is 10.0. The minimum absolute atomic E-state index is 0.0371. The quantitative estimate of drug-likeness (QED) is 0.781. The molecule has 0 saturated carbocycles. The molecule has 0 aliphatic rings. The molecule has 0 radical (unpaired) electrons. The van der Waals surface area contributed by atoms with Crippen LogP contribution >= 0.6 is 0 Å². The van der Waals surface area contributed by atoms with Gasteiger partial charge in [0.05, 0.1) is 19.8 Å². The number of benzene rings is 2. The van der Waals surface area contributed by atoms with E-state index >= 15 is 0 Å². The van der Waals surface area contributed by atoms with Crippen LogP contribution in [0, 0.1) is 6.92 Å². The van der Waals surface area contributed by atoms with Gasteiger partial charge < -0.3 is 9.47 Å². The van der Waals surface area contributed by atoms with Crippen molar-refractivity contribution in [1.29, 1.82) is 0 Å². The summed E-state index contributed by atoms with van der Waals surface area (Å²) >= 11 is 0. The fourth-order valence-corrected chi connectivity index (χ4v) is 2.13. The van der Waals surface area contributed by atoms with Gasteiger partial charge in [-0.3, -0.25) is 4.79 Å². The van der Waals surface area contributed by atoms with E-state index in [4.69, 9.17) is 9.47 Å². The van der Waals surface area contributed by atoms with Crippen LogP contribution in [-0.2, 0) is 6.42 Å². The van der Waals surface area contributed by atoms with Gasteiger partial charge in [-0.2, -0.15) is 0 Å². The summed E-state index contributed by atoms with van der Waals surface area (Å²) in [6.07, 6.45) is 0.365. The van der Waals surface area contributed by atoms with Crippen LogP contribution in [0.3, 0.4) is 0 Å². The van der Waals surface area contributed by atoms with Crippen LogP contribution < -0.4 is 9.47 Å². The molecule has 0 bridgehead atoms. The molecule has 0 aliphatic heterocycles. The van der Waals surface area contributed by atoms with Gasteiger partial charge >= 0.3 is 0 Å². The molecular weight excluding hydrogens is 252 g/mol. The number of hydrogen-bond acceptors (Lipinski definition) is 3. The molecule has 2 rings (SSSR count). The third-order valence-electron chi connectivity index (χ3n) is 3.16. The highest BCUT2D eigenvalue weighted by atomic mass is 16.5. The average molecular weight is 270 g/mol. The molecule has 0 saturated heterocycles. The van der Waals surface area contributed by atoms with E-state index in [0.29, 0.717) is 23.5 Å². The molecule has 0 amide bonds. The van der Waals surface area contributed by atoms with Gasteiger partial charge in [-0.1, -0.05) is 29.8 Å². The van der Waals surface area contributed by atoms with Gasteiger partial charge in [0.2, 0.25) is 0 Å². The molecule has 3 nitrogen and oxygen atoms in total. The first-order chi connectivity index (χ1) is 9.63. The molecule has 0 fully saturated rings. The molecule has 0 unspecified atom stereocenters. The third-order valence-corrected chi connectivity index (χ3v) is 3.16. The Hall–Kier alpha value is -2.29. The zero-order valence-electron chi connectivity index (χ0n) is 12.0. The standard InChI is InChI=1S/C17H18O3/c1-12-5-4-6-13(9-12)10-16(18)15-8-7-14(19-2)11-17(15)20-3/h4-9,11H,10H2,1-3H3. The van der Waals surface area contributed by atoms with Crippen molar-refractivity contribution in [3.63, 3.8) is 0 Å². The van der Waals surface area contributed by atoms with Crippen molar-refractivity contribution in [2.45, 2.75) is 13.3 Å². The molecule has 0 aromatic heterocycles. The van der Waals surface area contributed by atoms with Crippen LogP contribution in [0.15, 0.2) is 42.5 Å². The molecule has 0 aliphatic carbocycles. The number of Topliss-reactive ketones (excluding diaryl/α,β-unsaturated/α-hetero) is 1. The molecule has 0 atom stereocenters. The normalized spacial score (nSPS) is 10.2. The number of carbonyl (C=O) groups excluding carboxylic acids is 1. The minimum Gasteiger partial charge on any atom is -0.497 e. The molecule has 20 heavy (non-hydrogen) atoms. The second-order valence-corrected chi connectivity index (χ2v) is 4.66. The van der Waals surface area contributed by atoms with Gasteiger partial charge in [0.15, 0.2) is 5.78 Å². The monoisotopic (exact) mass is 270 g/mol. The summed E-state index contributed by atoms with van der Waals surface area (Å²) in [5.74, 6) is 1.26. The number of aryl methyl sites for hydroxylation is 1. The second kappa shape index (κ2) is 6.24. The summed E-state index contributed by atoms with van der Waals surface area (Å²) in [6, 6.07) is 13.2. The summed E-state index contributed by atoms with van der Waals surface area (Å²) in [4.78, 5) is 12.4. The Morgan fingerprint density at radius 1 is 1.05 bits per heavy atom. The molecule has 0 spiro atoms. The molecule has 104 valence electrons. The fourth-order valence-electron chi connectivity index (χ4n) is 2.13. The van der Waals surface area contributed by atoms with Gasteiger partial charge in [-0.15, -0.1) is 0 Å². The highest BCUT2D eigenvalue weighted by Gasteiger charge is 2.13. The first-order valence-electron chi connectivity index (χ1n) is 6.45. The molecule has 2 aromatic rings. The Labute approximate surface area is 119 Å². The highest BCUT2D eigenvalue weighted by molar-refractivity contribution is 6.00. The predicted molar refractivity (Wildman–Crippen MR) is 78.8 cm³/mol. The van der Waals surface area contributed by atoms with Crippen molar-refractivity contribution >= 4 is 5.78 Å². The lowest BCUT2D eigenvalue weighted by molar-refractivity contribution is 0.0990. The van der Waals surface area contributed by atoms with Crippen molar-refractivity contribution in [2.24, 2.45) is 0 Å². The number of methoxy groups -OCH3 is 2. The summed E-state index contributed by atoms with van der Waals surface area (Å²) < 4.78 is 10.4. The van der Waals surface area contributed by atoms with Crippen molar-refractivity contribution in [1.82, 2.24) is 0 Å². The zero-order valence-corrected chi connectivity index (χ0v) is 12.0. The van der Waals surface area contributed by atoms with Crippen LogP contribution in [0.4, 0.5) is 0 Å². The van der Waals surface area contributed by atoms with Crippen molar-refractivity contribution < 1.29 is 14.3 Å². The first-order valence-corrected chi connectivity index (χ1v) is 6.45. The minimum atomic E-state index is 0.0371. The van der Waals surface area contributed by atoms with E-state index < -0.39 is 0 Å². The second-order valence-electron chi connectivity index (χ2n) is 4.66. The van der Waals surface area contributed by atoms with Crippen molar-refractivity contribution in [3.05, 3.63) is 59.2 Å². The van der Waals surface area contributed by atoms with E-state index in [0.717, 1.165) is 11.1 Å². The zero-order chi connectivity index (χ0) is 14.5. The van der Waals surface area contributed by atoms with Crippen LogP contribution in [0.2, 0.25) is 0 Å². The fraction of sp³-hybridized carbons (Fsp3) is 0.235. The van der Waals surface area contributed by atoms with E-state index in [-0.39, 0.29) is 5.78 Å². The summed E-state index contributed by atoms with van der Waals surface area (Å²) in [6.45, 7) is 2.02. The average Bonchev–Trinajstić information content (AvgIpc) is 2.46. The third kappa shape index (κ3) is 3.18. The lowest BCUT2D eigenvalue weighted by Gasteiger charge is -2.10. The van der Waals surface area contributed by atoms with Gasteiger partial charge in [0.1, 0.15) is 11.5 Å². The van der Waals surface area contributed by atoms with Gasteiger partial charge in [-0.05, 0) is 24.6 Å². The summed E-state index contributed by atoms with van der Waals surface area (Å²) in [7, 11) is 3.14. The van der Waals surface area contributed by atoms with Crippen LogP contribution in [0.25, 0.3) is 0 Å². The Kier molecular flexibility index (Phi) is 4.41. The van der Waals surface area contributed by atoms with Crippen molar-refractivity contribution in [2.75, 3.05) is 14.2 Å². The van der Waals surface area contributed by atoms with Gasteiger partial charge in [0.25, 0.3) is 0 Å². The molecule has 0 heterocycles. The number of ketones is 1. The van der Waals surface area contributed by atoms with E-state index in [1.54, 1.807) is 32.4 Å². The largest absolute Gasteiger partial charge is 0.497 e. The van der Waals surface area contributed by atoms with E-state index in [1.165, 1.54) is 0 Å². The Morgan fingerprint density at radius 3 is 2.50 bits per heavy atom. The van der Waals surface area contributed by atoms with Crippen LogP contribution in [0.1, 0.15) is 21.5 Å². The lowest BCUT2D eigenvalue weighted by Crippen LogP contribution is -2.06. The summed E-state index contributed by atoms with van der Waals surface area (Å²) in [5, 5.41) is 0. The predicted octanol–water partition coefficient (Wildman–Crippen LogP) is 3.44.